The summed E-state index contributed by atoms with van der Waals surface area (Å²) >= 11 is 0. The number of nitrogens with one attached hydrogen (secondary N) is 1. The second-order valence-corrected chi connectivity index (χ2v) is 31.2. The summed E-state index contributed by atoms with van der Waals surface area (Å²) in [5, 5.41) is 70.9. The zero-order valence-corrected chi connectivity index (χ0v) is 64.7. The van der Waals surface area contributed by atoms with E-state index in [9.17, 15) is 77.8 Å². The fraction of sp³-hybridized carbons (Fsp3) is 0.463. The third-order valence-corrected chi connectivity index (χ3v) is 23.0. The first-order valence-electron chi connectivity index (χ1n) is 37.4. The monoisotopic (exact) mass is 1580 g/mol. The number of aliphatic hydroxyl groups excluding tert-OH is 3. The molecular formula is C82H89F2N5O25. The van der Waals surface area contributed by atoms with Crippen molar-refractivity contribution in [2.45, 2.75) is 182 Å². The summed E-state index contributed by atoms with van der Waals surface area (Å²) in [7, 11) is 1.41. The van der Waals surface area contributed by atoms with Gasteiger partial charge in [0.1, 0.15) is 53.4 Å². The Morgan fingerprint density at radius 1 is 0.895 bits per heavy atom. The molecule has 7 aromatic rings. The van der Waals surface area contributed by atoms with Gasteiger partial charge < -0.3 is 97.4 Å². The van der Waals surface area contributed by atoms with Crippen molar-refractivity contribution in [2.75, 3.05) is 30.1 Å². The lowest BCUT2D eigenvalue weighted by atomic mass is 9.77. The molecule has 0 radical (unpaired) electrons. The molecule has 2 amide bonds. The summed E-state index contributed by atoms with van der Waals surface area (Å²) in [6.07, 6.45) is -1.76. The number of amides is 2. The van der Waals surface area contributed by atoms with E-state index in [0.717, 1.165) is 18.0 Å². The molecule has 7 aliphatic rings. The minimum atomic E-state index is -3.33. The van der Waals surface area contributed by atoms with E-state index in [2.05, 4.69) is 5.32 Å². The predicted molar refractivity (Wildman–Crippen MR) is 406 cm³/mol. The molecule has 30 nitrogen and oxygen atoms in total. The summed E-state index contributed by atoms with van der Waals surface area (Å²) in [5.41, 5.74) is -4.69. The molecule has 3 saturated heterocycles. The standard InChI is InChI=1S/C82H89F2N5O25/c1-34-15-14-16-48(40(7)109-79(104)81(10,11)29-56(92)93)66(95)36(3)65(94)37(4)70(110-42(9)90)35(2)53(111-57-28-55-72(41(8)108-57)106-33-105-55)22-24-107-82(12)75(99)60-58-59(67(96)38(5)71(60)114-82)69(98)63(86-76(34)100)74-62(58)85-61-52(91)26-46(27-54(61)112-74)88-23-21-44(30-88)77(101)89-31-45-25-43(17-18-47(45)39(89)6)49-19-20-50-64(73(49)113-80(83)84)87(13)32-51(68(50)97)78(102)103/h14-20,22,24-27,32,35-37,39-41,44,48,53,55,57,65-66,70,72,80,94-96,99H,21,23,28-31,33H2,1-13H3,(H,86,100)(H,92,93)(H,102,103)/b16-14+,24-22+,34-15-/t35-,36+,37-,39-,40?,41-,44?,48-,53+,55+,57+,65-,66-,70-,72-,82+/m1/s1. The molecule has 16 atom stereocenters. The number of anilines is 2. The topological polar surface area (TPSA) is 408 Å². The van der Waals surface area contributed by atoms with Gasteiger partial charge >= 0.3 is 36.3 Å². The maximum Gasteiger partial charge on any atom is 0.387 e. The molecule has 7 aliphatic heterocycles. The number of pyridine rings is 1. The number of allylic oxidation sites excluding steroid dienone is 2. The highest BCUT2D eigenvalue weighted by Crippen LogP contribution is 2.46. The quantitative estimate of drug-likeness (QED) is 0.0303. The van der Waals surface area contributed by atoms with Crippen LogP contribution in [0.4, 0.5) is 20.2 Å². The molecule has 3 fully saturated rings. The number of carboxylic acid groups (broad SMARTS) is 2. The van der Waals surface area contributed by atoms with Gasteiger partial charge in [-0.05, 0) is 95.9 Å². The van der Waals surface area contributed by atoms with E-state index in [1.54, 1.807) is 48.8 Å². The highest BCUT2D eigenvalue weighted by atomic mass is 19.3. The first-order chi connectivity index (χ1) is 53.8. The van der Waals surface area contributed by atoms with Gasteiger partial charge in [-0.2, -0.15) is 8.78 Å². The number of hydrogen-bond acceptors (Lipinski definition) is 25. The van der Waals surface area contributed by atoms with E-state index in [4.69, 9.17) is 52.0 Å². The van der Waals surface area contributed by atoms with Crippen molar-refractivity contribution in [3.63, 3.8) is 0 Å². The molecule has 5 bridgehead atoms. The number of alkyl halides is 2. The molecule has 32 heteroatoms. The Hall–Kier alpha value is -10.9. The average molecular weight is 1580 g/mol. The van der Waals surface area contributed by atoms with Crippen molar-refractivity contribution in [1.29, 1.82) is 0 Å². The lowest BCUT2D eigenvalue weighted by Gasteiger charge is -2.41. The van der Waals surface area contributed by atoms with E-state index < -0.39 is 195 Å². The van der Waals surface area contributed by atoms with Crippen molar-refractivity contribution >= 4 is 96.7 Å². The molecule has 14 rings (SSSR count). The molecule has 9 heterocycles. The Kier molecular flexibility index (Phi) is 22.2. The number of carbonyl (C=O) groups is 6. The Bertz CT molecular complexity index is 5490. The number of phenolic OH excluding ortho intramolecular Hbond substituents is 1. The van der Waals surface area contributed by atoms with Crippen molar-refractivity contribution in [3.8, 4) is 28.4 Å². The highest BCUT2D eigenvalue weighted by molar-refractivity contribution is 6.17. The molecule has 7 N–H and O–H groups in total. The van der Waals surface area contributed by atoms with Crippen LogP contribution >= 0.6 is 0 Å². The number of hydrogen-bond donors (Lipinski definition) is 7. The van der Waals surface area contributed by atoms with Crippen LogP contribution in [0, 0.1) is 41.9 Å². The summed E-state index contributed by atoms with van der Waals surface area (Å²) in [6, 6.07) is 10.2. The SMILES string of the molecule is CC(=O)O[C@H]1[C@H](C)[C@H](O)[C@H](C)[C@@H](O)[C@@H](C(C)OC(=O)C(C)(C)CC(=O)O)/C=C/C=C(/C)C(=O)Nc2c(=O)c3c(O)c(C)c4c(c3c3nc5c(=O)cc(N6CCC(C(=O)N7Cc8cc(-c9ccc%10c(=O)c(C(=O)O)cn(C)c%10c9OC(F)F)ccc8[C@H]7C)C6)cc5oc23)=C(O)[C@@](C)(O/C=C/[C@H](O[C@H]2C[C@@H]3OCO[C@@H]3[C@@H](C)O2)[C@H]1C)O4. The number of aromatic hydroxyl groups is 1. The van der Waals surface area contributed by atoms with Gasteiger partial charge in [0, 0.05) is 117 Å². The van der Waals surface area contributed by atoms with Crippen molar-refractivity contribution in [1.82, 2.24) is 14.5 Å². The third kappa shape index (κ3) is 14.9. The maximum absolute atomic E-state index is 15.6. The van der Waals surface area contributed by atoms with E-state index in [0.29, 0.717) is 17.5 Å². The van der Waals surface area contributed by atoms with Crippen LogP contribution in [0.25, 0.3) is 60.8 Å². The number of aromatic carboxylic acids is 1. The van der Waals surface area contributed by atoms with Gasteiger partial charge in [0.15, 0.2) is 34.5 Å². The van der Waals surface area contributed by atoms with Crippen LogP contribution in [-0.4, -0.2) is 168 Å². The number of carboxylic acids is 2. The Morgan fingerprint density at radius 2 is 1.63 bits per heavy atom. The van der Waals surface area contributed by atoms with Gasteiger partial charge in [0.2, 0.25) is 22.2 Å². The third-order valence-electron chi connectivity index (χ3n) is 23.0. The van der Waals surface area contributed by atoms with E-state index >= 15 is 4.79 Å². The number of nitrogens with zero attached hydrogens (tertiary/aromatic N) is 4. The van der Waals surface area contributed by atoms with Crippen molar-refractivity contribution in [3.05, 3.63) is 143 Å². The van der Waals surface area contributed by atoms with Crippen LogP contribution in [0.1, 0.15) is 129 Å². The number of aliphatic carboxylic acids is 1. The van der Waals surface area contributed by atoms with Crippen molar-refractivity contribution < 1.29 is 115 Å². The minimum absolute atomic E-state index is 0.00697. The predicted octanol–water partition coefficient (Wildman–Crippen LogP) is 8.97. The summed E-state index contributed by atoms with van der Waals surface area (Å²) < 4.78 is 90.9. The number of aryl methyl sites for hydroxylation is 1. The smallest absolute Gasteiger partial charge is 0.387 e. The average Bonchev–Trinajstić information content (AvgIpc) is 1.50. The fourth-order valence-corrected chi connectivity index (χ4v) is 16.6. The van der Waals surface area contributed by atoms with Crippen molar-refractivity contribution in [2.24, 2.45) is 42.1 Å². The minimum Gasteiger partial charge on any atom is -0.507 e. The van der Waals surface area contributed by atoms with Crippen LogP contribution in [0.15, 0.2) is 104 Å². The molecule has 0 spiro atoms. The number of phenols is 1. The lowest BCUT2D eigenvalue weighted by molar-refractivity contribution is -0.246. The maximum atomic E-state index is 15.6. The normalized spacial score (nSPS) is 28.1. The molecule has 114 heavy (non-hydrogen) atoms. The second-order valence-electron chi connectivity index (χ2n) is 31.2. The second kappa shape index (κ2) is 31.1. The number of ether oxygens (including phenoxy) is 9. The lowest BCUT2D eigenvalue weighted by Crippen LogP contribution is -2.50. The molecule has 606 valence electrons. The number of aliphatic hydroxyl groups is 3. The zero-order valence-electron chi connectivity index (χ0n) is 64.7. The summed E-state index contributed by atoms with van der Waals surface area (Å²) in [5.74, 6) is -14.9. The van der Waals surface area contributed by atoms with Crippen LogP contribution in [0.5, 0.6) is 17.2 Å². The molecule has 2 aromatic heterocycles. The number of carbonyl (C=O) groups excluding carboxylic acids is 4. The molecule has 0 aliphatic carbocycles. The van der Waals surface area contributed by atoms with Gasteiger partial charge in [-0.3, -0.25) is 38.4 Å². The van der Waals surface area contributed by atoms with E-state index in [1.807, 2.05) is 6.92 Å². The Balaban J connectivity index is 0.886. The van der Waals surface area contributed by atoms with E-state index in [1.165, 1.54) is 116 Å². The van der Waals surface area contributed by atoms with Crippen LogP contribution in [0.2, 0.25) is 0 Å². The highest BCUT2D eigenvalue weighted by Gasteiger charge is 2.49. The van der Waals surface area contributed by atoms with Gasteiger partial charge in [-0.25, -0.2) is 9.78 Å². The fourth-order valence-electron chi connectivity index (χ4n) is 16.6. The summed E-state index contributed by atoms with van der Waals surface area (Å²) in [6.45, 7) is 15.0. The van der Waals surface area contributed by atoms with Crippen LogP contribution in [-0.2, 0) is 70.7 Å². The van der Waals surface area contributed by atoms with E-state index in [-0.39, 0.29) is 111 Å². The Morgan fingerprint density at radius 3 is 2.33 bits per heavy atom. The first-order valence-corrected chi connectivity index (χ1v) is 37.4. The summed E-state index contributed by atoms with van der Waals surface area (Å²) in [4.78, 5) is 132. The Labute approximate surface area is 649 Å². The number of benzene rings is 5. The number of halogens is 2. The number of fused-ring (bicyclic) bond motifs is 17. The molecule has 0 saturated carbocycles. The zero-order chi connectivity index (χ0) is 82.5. The van der Waals surface area contributed by atoms with Gasteiger partial charge in [0.25, 0.3) is 5.91 Å². The largest absolute Gasteiger partial charge is 0.507 e. The number of rotatable bonds is 14. The molecule has 5 aromatic carbocycles. The molecule has 2 unspecified atom stereocenters. The van der Waals surface area contributed by atoms with Gasteiger partial charge in [0.05, 0.1) is 82.1 Å². The first kappa shape index (κ1) is 81.1. The van der Waals surface area contributed by atoms with Gasteiger partial charge in [-0.1, -0.05) is 51.1 Å². The number of esters is 2. The van der Waals surface area contributed by atoms with Crippen LogP contribution in [0.3, 0.4) is 0 Å². The van der Waals surface area contributed by atoms with Gasteiger partial charge in [-0.15, -0.1) is 0 Å². The number of aromatic nitrogens is 2. The van der Waals surface area contributed by atoms with Crippen LogP contribution < -0.4 is 41.2 Å². The molecular weight excluding hydrogens is 1490 g/mol.